The molecule has 0 aliphatic carbocycles. The SMILES string of the molecule is COc1ccc([C@@H](CCN2CCC[C@H](C)C2)c2c(OC)cc(OC)c3c2OC(=O)C[C@@H]3c2cc(OC)c(OC)c(OC)c2)cc1. The van der Waals surface area contributed by atoms with E-state index in [1.807, 2.05) is 30.3 Å². The van der Waals surface area contributed by atoms with Crippen molar-refractivity contribution in [3.05, 3.63) is 64.7 Å². The van der Waals surface area contributed by atoms with Crippen molar-refractivity contribution in [1.82, 2.24) is 4.90 Å². The summed E-state index contributed by atoms with van der Waals surface area (Å²) in [4.78, 5) is 16.0. The number of hydrogen-bond donors (Lipinski definition) is 0. The number of carbonyl (C=O) groups is 1. The summed E-state index contributed by atoms with van der Waals surface area (Å²) in [7, 11) is 9.65. The molecule has 3 aromatic rings. The van der Waals surface area contributed by atoms with Crippen LogP contribution in [0.2, 0.25) is 0 Å². The highest BCUT2D eigenvalue weighted by atomic mass is 16.5. The van der Waals surface area contributed by atoms with Crippen molar-refractivity contribution < 1.29 is 38.0 Å². The summed E-state index contributed by atoms with van der Waals surface area (Å²) in [6, 6.07) is 13.8. The second-order valence-corrected chi connectivity index (χ2v) is 11.8. The summed E-state index contributed by atoms with van der Waals surface area (Å²) in [6.45, 7) is 5.37. The van der Waals surface area contributed by atoms with Crippen molar-refractivity contribution >= 4 is 5.97 Å². The maximum Gasteiger partial charge on any atom is 0.312 e. The van der Waals surface area contributed by atoms with Crippen LogP contribution in [0.25, 0.3) is 0 Å². The fourth-order valence-corrected chi connectivity index (χ4v) is 6.88. The van der Waals surface area contributed by atoms with E-state index < -0.39 is 5.92 Å². The molecule has 9 nitrogen and oxygen atoms in total. The first-order valence-corrected chi connectivity index (χ1v) is 15.5. The van der Waals surface area contributed by atoms with Crippen LogP contribution in [0.1, 0.15) is 66.7 Å². The Hall–Kier alpha value is -4.11. The molecule has 242 valence electrons. The van der Waals surface area contributed by atoms with Crippen LogP contribution < -0.4 is 33.2 Å². The summed E-state index contributed by atoms with van der Waals surface area (Å²) in [6.07, 6.45) is 3.38. The molecule has 0 saturated carbocycles. The molecule has 2 heterocycles. The van der Waals surface area contributed by atoms with E-state index in [0.29, 0.717) is 40.4 Å². The van der Waals surface area contributed by atoms with Gasteiger partial charge in [0, 0.05) is 35.6 Å². The molecule has 1 fully saturated rings. The molecule has 5 rings (SSSR count). The Balaban J connectivity index is 1.69. The Kier molecular flexibility index (Phi) is 10.3. The number of esters is 1. The van der Waals surface area contributed by atoms with Crippen molar-refractivity contribution in [3.8, 4) is 40.2 Å². The van der Waals surface area contributed by atoms with Crippen molar-refractivity contribution in [2.75, 3.05) is 62.3 Å². The van der Waals surface area contributed by atoms with Gasteiger partial charge < -0.3 is 38.1 Å². The van der Waals surface area contributed by atoms with Gasteiger partial charge in [0.2, 0.25) is 5.75 Å². The van der Waals surface area contributed by atoms with Gasteiger partial charge in [0.05, 0.1) is 49.1 Å². The fraction of sp³-hybridized carbons (Fsp3) is 0.472. The molecule has 45 heavy (non-hydrogen) atoms. The summed E-state index contributed by atoms with van der Waals surface area (Å²) in [5.41, 5.74) is 3.51. The molecule has 0 unspecified atom stereocenters. The van der Waals surface area contributed by atoms with Crippen LogP contribution in [0.5, 0.6) is 40.2 Å². The number of piperidine rings is 1. The molecule has 2 aliphatic rings. The minimum Gasteiger partial charge on any atom is -0.497 e. The summed E-state index contributed by atoms with van der Waals surface area (Å²) >= 11 is 0. The van der Waals surface area contributed by atoms with E-state index in [0.717, 1.165) is 54.1 Å². The number of nitrogens with zero attached hydrogens (tertiary/aromatic N) is 1. The zero-order valence-corrected chi connectivity index (χ0v) is 27.4. The van der Waals surface area contributed by atoms with Gasteiger partial charge >= 0.3 is 5.97 Å². The highest BCUT2D eigenvalue weighted by molar-refractivity contribution is 5.81. The van der Waals surface area contributed by atoms with Crippen LogP contribution in [-0.4, -0.2) is 73.2 Å². The molecule has 2 aliphatic heterocycles. The van der Waals surface area contributed by atoms with Crippen LogP contribution in [-0.2, 0) is 4.79 Å². The van der Waals surface area contributed by atoms with Crippen molar-refractivity contribution in [3.63, 3.8) is 0 Å². The molecule has 0 aromatic heterocycles. The molecule has 3 atom stereocenters. The Morgan fingerprint density at radius 3 is 2.09 bits per heavy atom. The number of carbonyl (C=O) groups excluding carboxylic acids is 1. The van der Waals surface area contributed by atoms with E-state index >= 15 is 0 Å². The molecule has 0 spiro atoms. The normalized spacial score (nSPS) is 18.8. The van der Waals surface area contributed by atoms with Crippen LogP contribution in [0, 0.1) is 5.92 Å². The largest absolute Gasteiger partial charge is 0.497 e. The van der Waals surface area contributed by atoms with Gasteiger partial charge in [0.25, 0.3) is 0 Å². The Morgan fingerprint density at radius 1 is 0.844 bits per heavy atom. The van der Waals surface area contributed by atoms with Crippen LogP contribution >= 0.6 is 0 Å². The van der Waals surface area contributed by atoms with E-state index in [1.54, 1.807) is 42.7 Å². The minimum atomic E-state index is -0.394. The fourth-order valence-electron chi connectivity index (χ4n) is 6.88. The van der Waals surface area contributed by atoms with Gasteiger partial charge in [0.15, 0.2) is 11.5 Å². The number of ether oxygens (including phenoxy) is 7. The van der Waals surface area contributed by atoms with E-state index in [9.17, 15) is 4.79 Å². The third-order valence-electron chi connectivity index (χ3n) is 9.09. The van der Waals surface area contributed by atoms with Gasteiger partial charge in [0.1, 0.15) is 23.0 Å². The van der Waals surface area contributed by atoms with Gasteiger partial charge in [-0.15, -0.1) is 0 Å². The standard InChI is InChI=1S/C36H45NO8/c1-22-9-8-15-37(21-22)16-14-26(23-10-12-25(39-2)13-11-23)33-28(40-3)20-29(41-4)34-27(19-32(38)45-36(33)34)24-17-30(42-5)35(44-7)31(18-24)43-6/h10-13,17-18,20,22,26-27H,8-9,14-16,19,21H2,1-7H3/t22-,26+,27+/m0/s1. The van der Waals surface area contributed by atoms with Crippen LogP contribution in [0.4, 0.5) is 0 Å². The van der Waals surface area contributed by atoms with E-state index in [4.69, 9.17) is 33.2 Å². The highest BCUT2D eigenvalue weighted by Crippen LogP contribution is 2.54. The summed E-state index contributed by atoms with van der Waals surface area (Å²) in [5.74, 6) is 3.75. The molecule has 1 saturated heterocycles. The van der Waals surface area contributed by atoms with Gasteiger partial charge in [-0.05, 0) is 73.7 Å². The number of hydrogen-bond acceptors (Lipinski definition) is 9. The smallest absolute Gasteiger partial charge is 0.312 e. The molecule has 9 heteroatoms. The number of methoxy groups -OCH3 is 6. The first kappa shape index (κ1) is 32.3. The predicted octanol–water partition coefficient (Wildman–Crippen LogP) is 6.43. The number of rotatable bonds is 12. The Bertz CT molecular complexity index is 1460. The zero-order chi connectivity index (χ0) is 32.1. The third kappa shape index (κ3) is 6.64. The lowest BCUT2D eigenvalue weighted by Gasteiger charge is -2.34. The first-order valence-electron chi connectivity index (χ1n) is 15.5. The van der Waals surface area contributed by atoms with Gasteiger partial charge in [-0.25, -0.2) is 0 Å². The molecular formula is C36H45NO8. The minimum absolute atomic E-state index is 0.118. The van der Waals surface area contributed by atoms with Crippen molar-refractivity contribution in [1.29, 1.82) is 0 Å². The van der Waals surface area contributed by atoms with Gasteiger partial charge in [-0.1, -0.05) is 19.1 Å². The van der Waals surface area contributed by atoms with Gasteiger partial charge in [-0.2, -0.15) is 0 Å². The lowest BCUT2D eigenvalue weighted by molar-refractivity contribution is -0.135. The van der Waals surface area contributed by atoms with E-state index in [2.05, 4.69) is 24.0 Å². The Labute approximate surface area is 266 Å². The quantitative estimate of drug-likeness (QED) is 0.168. The molecule has 0 amide bonds. The predicted molar refractivity (Wildman–Crippen MR) is 172 cm³/mol. The summed E-state index contributed by atoms with van der Waals surface area (Å²) in [5, 5.41) is 0. The number of fused-ring (bicyclic) bond motifs is 1. The number of likely N-dealkylation sites (tertiary alicyclic amines) is 1. The average Bonchev–Trinajstić information content (AvgIpc) is 3.07. The lowest BCUT2D eigenvalue weighted by atomic mass is 9.79. The maximum absolute atomic E-state index is 13.5. The molecule has 0 N–H and O–H groups in total. The van der Waals surface area contributed by atoms with Crippen molar-refractivity contribution in [2.45, 2.75) is 44.4 Å². The third-order valence-corrected chi connectivity index (χ3v) is 9.09. The first-order chi connectivity index (χ1) is 21.8. The van der Waals surface area contributed by atoms with Crippen molar-refractivity contribution in [2.24, 2.45) is 5.92 Å². The van der Waals surface area contributed by atoms with Crippen LogP contribution in [0.15, 0.2) is 42.5 Å². The maximum atomic E-state index is 13.5. The second kappa shape index (κ2) is 14.3. The van der Waals surface area contributed by atoms with E-state index in [-0.39, 0.29) is 18.3 Å². The Morgan fingerprint density at radius 2 is 1.51 bits per heavy atom. The average molecular weight is 620 g/mol. The number of benzene rings is 3. The molecule has 3 aromatic carbocycles. The molecule has 0 radical (unpaired) electrons. The molecular weight excluding hydrogens is 574 g/mol. The molecule has 0 bridgehead atoms. The highest BCUT2D eigenvalue weighted by Gasteiger charge is 2.38. The second-order valence-electron chi connectivity index (χ2n) is 11.8. The zero-order valence-electron chi connectivity index (χ0n) is 27.4. The van der Waals surface area contributed by atoms with E-state index in [1.165, 1.54) is 12.8 Å². The topological polar surface area (TPSA) is 84.9 Å². The summed E-state index contributed by atoms with van der Waals surface area (Å²) < 4.78 is 40.5. The van der Waals surface area contributed by atoms with Crippen LogP contribution in [0.3, 0.4) is 0 Å². The monoisotopic (exact) mass is 619 g/mol. The van der Waals surface area contributed by atoms with Gasteiger partial charge in [-0.3, -0.25) is 4.79 Å². The lowest BCUT2D eigenvalue weighted by Crippen LogP contribution is -2.35.